The number of hydrogen-bond acceptors (Lipinski definition) is 3. The first-order chi connectivity index (χ1) is 9.83. The molecule has 1 aromatic heterocycles. The Kier molecular flexibility index (Phi) is 4.39. The van der Waals surface area contributed by atoms with E-state index >= 15 is 0 Å². The zero-order valence-corrected chi connectivity index (χ0v) is 13.3. The number of nitrogens with zero attached hydrogens (tertiary/aromatic N) is 1. The van der Waals surface area contributed by atoms with Gasteiger partial charge in [0.25, 0.3) is 10.0 Å². The average Bonchev–Trinajstić information content (AvgIpc) is 2.86. The van der Waals surface area contributed by atoms with Crippen LogP contribution in [0, 0.1) is 6.92 Å². The molecule has 0 aliphatic carbocycles. The quantitative estimate of drug-likeness (QED) is 0.891. The number of sulfonamides is 1. The zero-order valence-electron chi connectivity index (χ0n) is 12.5. The Hall–Kier alpha value is -1.79. The van der Waals surface area contributed by atoms with E-state index in [0.29, 0.717) is 12.2 Å². The molecule has 6 heteroatoms. The monoisotopic (exact) mass is 307 g/mol. The van der Waals surface area contributed by atoms with Crippen LogP contribution in [0.3, 0.4) is 0 Å². The van der Waals surface area contributed by atoms with Crippen molar-refractivity contribution in [2.45, 2.75) is 38.3 Å². The van der Waals surface area contributed by atoms with Gasteiger partial charge in [-0.25, -0.2) is 8.42 Å². The summed E-state index contributed by atoms with van der Waals surface area (Å²) in [6.45, 7) is 6.23. The fourth-order valence-electron chi connectivity index (χ4n) is 2.12. The van der Waals surface area contributed by atoms with Crippen LogP contribution in [0.4, 0.5) is 5.69 Å². The Morgan fingerprint density at radius 1 is 1.24 bits per heavy atom. The van der Waals surface area contributed by atoms with Crippen LogP contribution in [0.5, 0.6) is 0 Å². The molecule has 3 N–H and O–H groups in total. The summed E-state index contributed by atoms with van der Waals surface area (Å²) >= 11 is 0. The molecule has 2 aromatic rings. The van der Waals surface area contributed by atoms with Gasteiger partial charge in [-0.2, -0.15) is 0 Å². The third-order valence-corrected chi connectivity index (χ3v) is 4.63. The smallest absolute Gasteiger partial charge is 0.263 e. The Morgan fingerprint density at radius 3 is 2.33 bits per heavy atom. The molecule has 0 amide bonds. The van der Waals surface area contributed by atoms with Gasteiger partial charge >= 0.3 is 0 Å². The summed E-state index contributed by atoms with van der Waals surface area (Å²) in [6.07, 6.45) is 1.63. The minimum atomic E-state index is -3.60. The van der Waals surface area contributed by atoms with Crippen molar-refractivity contribution >= 4 is 15.7 Å². The van der Waals surface area contributed by atoms with E-state index in [1.165, 1.54) is 0 Å². The van der Waals surface area contributed by atoms with Gasteiger partial charge in [0, 0.05) is 30.2 Å². The van der Waals surface area contributed by atoms with Crippen LogP contribution in [0.2, 0.25) is 0 Å². The van der Waals surface area contributed by atoms with E-state index in [4.69, 9.17) is 5.73 Å². The van der Waals surface area contributed by atoms with E-state index < -0.39 is 10.0 Å². The fraction of sp³-hybridized carbons (Fsp3) is 0.333. The highest BCUT2D eigenvalue weighted by atomic mass is 32.2. The molecule has 0 atom stereocenters. The summed E-state index contributed by atoms with van der Waals surface area (Å²) in [4.78, 5) is 0.234. The van der Waals surface area contributed by atoms with E-state index in [1.54, 1.807) is 24.4 Å². The van der Waals surface area contributed by atoms with Crippen molar-refractivity contribution in [2.75, 3.05) is 4.72 Å². The number of aromatic nitrogens is 1. The topological polar surface area (TPSA) is 77.1 Å². The van der Waals surface area contributed by atoms with Crippen molar-refractivity contribution in [1.82, 2.24) is 4.57 Å². The number of anilines is 1. The molecule has 0 saturated carbocycles. The van der Waals surface area contributed by atoms with Crippen LogP contribution in [0.15, 0.2) is 41.4 Å². The summed E-state index contributed by atoms with van der Waals surface area (Å²) < 4.78 is 29.3. The minimum absolute atomic E-state index is 0.159. The highest BCUT2D eigenvalue weighted by Gasteiger charge is 2.19. The van der Waals surface area contributed by atoms with Gasteiger partial charge in [-0.3, -0.25) is 4.72 Å². The normalized spacial score (nSPS) is 11.9. The molecule has 0 spiro atoms. The molecule has 2 rings (SSSR count). The lowest BCUT2D eigenvalue weighted by atomic mass is 10.2. The molecule has 114 valence electrons. The second kappa shape index (κ2) is 5.91. The molecule has 5 nitrogen and oxygen atoms in total. The number of hydrogen-bond donors (Lipinski definition) is 2. The Bertz CT molecular complexity index is 716. The van der Waals surface area contributed by atoms with E-state index in [9.17, 15) is 8.42 Å². The maximum absolute atomic E-state index is 12.4. The SMILES string of the molecule is Cc1ccc(NS(=O)(=O)c2cc(CN)n(C(C)C)c2)cc1. The predicted octanol–water partition coefficient (Wildman–Crippen LogP) is 2.64. The van der Waals surface area contributed by atoms with Crippen molar-refractivity contribution in [1.29, 1.82) is 0 Å². The van der Waals surface area contributed by atoms with Gasteiger partial charge in [0.2, 0.25) is 0 Å². The van der Waals surface area contributed by atoms with Crippen LogP contribution in [-0.2, 0) is 16.6 Å². The second-order valence-electron chi connectivity index (χ2n) is 5.34. The van der Waals surface area contributed by atoms with Crippen molar-refractivity contribution in [3.63, 3.8) is 0 Å². The zero-order chi connectivity index (χ0) is 15.6. The number of rotatable bonds is 5. The first-order valence-corrected chi connectivity index (χ1v) is 8.32. The Labute approximate surface area is 125 Å². The van der Waals surface area contributed by atoms with Gasteiger partial charge in [0.05, 0.1) is 0 Å². The molecule has 0 aliphatic heterocycles. The third-order valence-electron chi connectivity index (χ3n) is 3.29. The third kappa shape index (κ3) is 3.46. The van der Waals surface area contributed by atoms with Gasteiger partial charge in [0.15, 0.2) is 0 Å². The summed E-state index contributed by atoms with van der Waals surface area (Å²) in [5.41, 5.74) is 8.10. The van der Waals surface area contributed by atoms with E-state index in [1.807, 2.05) is 37.5 Å². The molecule has 0 radical (unpaired) electrons. The average molecular weight is 307 g/mol. The van der Waals surface area contributed by atoms with Crippen LogP contribution < -0.4 is 10.5 Å². The summed E-state index contributed by atoms with van der Waals surface area (Å²) in [5, 5.41) is 0. The summed E-state index contributed by atoms with van der Waals surface area (Å²) in [7, 11) is -3.60. The van der Waals surface area contributed by atoms with Crippen molar-refractivity contribution in [3.8, 4) is 0 Å². The molecule has 0 saturated heterocycles. The summed E-state index contributed by atoms with van der Waals surface area (Å²) in [5.74, 6) is 0. The predicted molar refractivity (Wildman–Crippen MR) is 84.7 cm³/mol. The molecule has 1 aromatic carbocycles. The van der Waals surface area contributed by atoms with Crippen LogP contribution in [-0.4, -0.2) is 13.0 Å². The molecule has 0 unspecified atom stereocenters. The van der Waals surface area contributed by atoms with E-state index in [0.717, 1.165) is 11.3 Å². The molecule has 0 bridgehead atoms. The number of aryl methyl sites for hydroxylation is 1. The lowest BCUT2D eigenvalue weighted by molar-refractivity contribution is 0.573. The second-order valence-corrected chi connectivity index (χ2v) is 7.03. The van der Waals surface area contributed by atoms with Crippen molar-refractivity contribution < 1.29 is 8.42 Å². The Balaban J connectivity index is 2.33. The van der Waals surface area contributed by atoms with Crippen LogP contribution >= 0.6 is 0 Å². The number of benzene rings is 1. The lowest BCUT2D eigenvalue weighted by Crippen LogP contribution is -2.12. The van der Waals surface area contributed by atoms with Gasteiger partial charge in [-0.1, -0.05) is 17.7 Å². The van der Waals surface area contributed by atoms with Gasteiger partial charge in [-0.05, 0) is 39.0 Å². The first-order valence-electron chi connectivity index (χ1n) is 6.84. The number of nitrogens with two attached hydrogens (primary N) is 1. The fourth-order valence-corrected chi connectivity index (χ4v) is 3.23. The Morgan fingerprint density at radius 2 is 1.86 bits per heavy atom. The minimum Gasteiger partial charge on any atom is -0.346 e. The van der Waals surface area contributed by atoms with Gasteiger partial charge < -0.3 is 10.3 Å². The van der Waals surface area contributed by atoms with Crippen molar-refractivity contribution in [2.24, 2.45) is 5.73 Å². The molecule has 1 heterocycles. The first kappa shape index (κ1) is 15.6. The molecule has 0 aliphatic rings. The molecule has 0 fully saturated rings. The standard InChI is InChI=1S/C15H21N3O2S/c1-11(2)18-10-15(8-14(18)9-16)21(19,20)17-13-6-4-12(3)5-7-13/h4-8,10-11,17H,9,16H2,1-3H3. The maximum Gasteiger partial charge on any atom is 0.263 e. The van der Waals surface area contributed by atoms with Crippen LogP contribution in [0.25, 0.3) is 0 Å². The van der Waals surface area contributed by atoms with Crippen LogP contribution in [0.1, 0.15) is 31.1 Å². The van der Waals surface area contributed by atoms with E-state index in [2.05, 4.69) is 4.72 Å². The summed E-state index contributed by atoms with van der Waals surface area (Å²) in [6, 6.07) is 9.00. The van der Waals surface area contributed by atoms with Gasteiger partial charge in [-0.15, -0.1) is 0 Å². The van der Waals surface area contributed by atoms with Gasteiger partial charge in [0.1, 0.15) is 4.90 Å². The number of nitrogens with one attached hydrogen (secondary N) is 1. The molecular formula is C15H21N3O2S. The lowest BCUT2D eigenvalue weighted by Gasteiger charge is -2.10. The highest BCUT2D eigenvalue weighted by Crippen LogP contribution is 2.21. The largest absolute Gasteiger partial charge is 0.346 e. The van der Waals surface area contributed by atoms with E-state index in [-0.39, 0.29) is 10.9 Å². The molecule has 21 heavy (non-hydrogen) atoms. The molecular weight excluding hydrogens is 286 g/mol. The maximum atomic E-state index is 12.4. The van der Waals surface area contributed by atoms with Crippen molar-refractivity contribution in [3.05, 3.63) is 47.8 Å². The highest BCUT2D eigenvalue weighted by molar-refractivity contribution is 7.92.